The third kappa shape index (κ3) is 9.30. The molecule has 0 aliphatic heterocycles. The summed E-state index contributed by atoms with van der Waals surface area (Å²) in [6.45, 7) is 7.74. The van der Waals surface area contributed by atoms with Crippen molar-refractivity contribution >= 4 is 55.2 Å². The number of hydrogen-bond donors (Lipinski definition) is 1. The number of hydrogen-bond acceptors (Lipinski definition) is 5. The first kappa shape index (κ1) is 23.8. The Labute approximate surface area is 168 Å². The molecule has 8 nitrogen and oxygen atoms in total. The van der Waals surface area contributed by atoms with Gasteiger partial charge in [-0.3, -0.25) is 4.79 Å². The van der Waals surface area contributed by atoms with E-state index in [4.69, 9.17) is 12.1 Å². The lowest BCUT2D eigenvalue weighted by atomic mass is 10.3. The largest absolute Gasteiger partial charge is 0.358 e. The van der Waals surface area contributed by atoms with Gasteiger partial charge in [-0.25, -0.2) is 13.8 Å². The fourth-order valence-corrected chi connectivity index (χ4v) is 1.82. The second-order valence-corrected chi connectivity index (χ2v) is 5.86. The number of carbonyl (C=O) groups is 1. The SMILES string of the molecule is CC(=O)c1ncc(Br)cc1F.N=NN=NCl.[C-]#[N+]c1ncc(Br)cc1F. The van der Waals surface area contributed by atoms with Crippen molar-refractivity contribution in [2.24, 2.45) is 15.1 Å². The second-order valence-electron chi connectivity index (χ2n) is 3.88. The number of halogens is 5. The summed E-state index contributed by atoms with van der Waals surface area (Å²) in [5.41, 5.74) is 5.77. The first-order chi connectivity index (χ1) is 12.3. The number of Topliss-reactive ketones (excluding diaryl/α,β-unsaturated/α-hetero) is 1. The summed E-state index contributed by atoms with van der Waals surface area (Å²) in [7, 11) is 0. The number of ketones is 1. The highest BCUT2D eigenvalue weighted by Crippen LogP contribution is 2.17. The number of nitrogens with zero attached hydrogens (tertiary/aromatic N) is 6. The number of nitrogens with one attached hydrogen (secondary N) is 1. The zero-order valence-electron chi connectivity index (χ0n) is 12.8. The number of pyridine rings is 2. The van der Waals surface area contributed by atoms with Crippen molar-refractivity contribution in [3.8, 4) is 0 Å². The van der Waals surface area contributed by atoms with E-state index in [-0.39, 0.29) is 17.3 Å². The summed E-state index contributed by atoms with van der Waals surface area (Å²) in [5.74, 6) is -1.74. The van der Waals surface area contributed by atoms with E-state index in [9.17, 15) is 13.6 Å². The predicted molar refractivity (Wildman–Crippen MR) is 95.9 cm³/mol. The maximum Gasteiger partial charge on any atom is 0.305 e. The molecule has 0 aromatic carbocycles. The van der Waals surface area contributed by atoms with E-state index in [0.717, 1.165) is 0 Å². The smallest absolute Gasteiger partial charge is 0.305 e. The van der Waals surface area contributed by atoms with Gasteiger partial charge in [0.25, 0.3) is 0 Å². The zero-order chi connectivity index (χ0) is 20.1. The molecule has 136 valence electrons. The molecule has 2 aromatic rings. The maximum atomic E-state index is 12.8. The molecule has 2 rings (SSSR count). The summed E-state index contributed by atoms with van der Waals surface area (Å²) in [6, 6.07) is 2.42. The Bertz CT molecular complexity index is 846. The molecule has 1 N–H and O–H groups in total. The molecular weight excluding hydrogens is 503 g/mol. The van der Waals surface area contributed by atoms with Gasteiger partial charge in [0, 0.05) is 17.6 Å². The summed E-state index contributed by atoms with van der Waals surface area (Å²) >= 11 is 10.6. The van der Waals surface area contributed by atoms with E-state index in [1.807, 2.05) is 0 Å². The molecule has 0 atom stereocenters. The molecule has 0 aliphatic rings. The quantitative estimate of drug-likeness (QED) is 0.223. The van der Waals surface area contributed by atoms with Crippen molar-refractivity contribution in [3.05, 3.63) is 62.2 Å². The molecule has 0 spiro atoms. The van der Waals surface area contributed by atoms with Gasteiger partial charge in [-0.15, -0.1) is 4.98 Å². The average Bonchev–Trinajstić information content (AvgIpc) is 2.56. The predicted octanol–water partition coefficient (Wildman–Crippen LogP) is 6.26. The molecule has 0 amide bonds. The van der Waals surface area contributed by atoms with Crippen LogP contribution < -0.4 is 0 Å². The average molecular weight is 512 g/mol. The molecule has 0 saturated heterocycles. The van der Waals surface area contributed by atoms with Crippen LogP contribution in [0.1, 0.15) is 17.4 Å². The highest BCUT2D eigenvalue weighted by Gasteiger charge is 2.07. The third-order valence-corrected chi connectivity index (χ3v) is 3.05. The first-order valence-corrected chi connectivity index (χ1v) is 8.07. The summed E-state index contributed by atoms with van der Waals surface area (Å²) in [5, 5.41) is 5.08. The lowest BCUT2D eigenvalue weighted by molar-refractivity contribution is 0.100. The van der Waals surface area contributed by atoms with Crippen molar-refractivity contribution in [1.82, 2.24) is 9.97 Å². The Morgan fingerprint density at radius 2 is 1.77 bits per heavy atom. The van der Waals surface area contributed by atoms with Crippen LogP contribution in [0.3, 0.4) is 0 Å². The summed E-state index contributed by atoms with van der Waals surface area (Å²) in [6.07, 6.45) is 2.77. The Kier molecular flexibility index (Phi) is 11.9. The fourth-order valence-electron chi connectivity index (χ4n) is 1.18. The highest BCUT2D eigenvalue weighted by molar-refractivity contribution is 9.10. The fraction of sp³-hybridized carbons (Fsp3) is 0.0769. The Morgan fingerprint density at radius 1 is 1.23 bits per heavy atom. The van der Waals surface area contributed by atoms with Gasteiger partial charge in [0.1, 0.15) is 11.9 Å². The van der Waals surface area contributed by atoms with Gasteiger partial charge in [-0.05, 0) is 54.4 Å². The van der Waals surface area contributed by atoms with Crippen LogP contribution in [0.2, 0.25) is 0 Å². The lowest BCUT2D eigenvalue weighted by Crippen LogP contribution is -2.00. The standard InChI is InChI=1S/C7H5BrFNO.C6H2BrFN2.ClHN4/c1-4(11)7-6(9)2-5(8)3-10-7;1-9-6-5(8)2-4(7)3-10-6;1-3-5-4-2/h2-3H,1H3;2-3H;2H. The monoisotopic (exact) mass is 509 g/mol. The Hall–Kier alpha value is -2.23. The van der Waals surface area contributed by atoms with Crippen LogP contribution in [0.5, 0.6) is 0 Å². The molecule has 0 unspecified atom stereocenters. The van der Waals surface area contributed by atoms with E-state index in [0.29, 0.717) is 8.95 Å². The van der Waals surface area contributed by atoms with E-state index in [1.54, 1.807) is 0 Å². The van der Waals surface area contributed by atoms with Crippen LogP contribution in [-0.4, -0.2) is 15.8 Å². The number of carbonyl (C=O) groups excluding carboxylic acids is 1. The minimum absolute atomic E-state index is 0.117. The van der Waals surface area contributed by atoms with Crippen molar-refractivity contribution in [3.63, 3.8) is 0 Å². The Morgan fingerprint density at radius 3 is 2.12 bits per heavy atom. The molecule has 2 aromatic heterocycles. The summed E-state index contributed by atoms with van der Waals surface area (Å²) < 4.78 is 29.0. The minimum Gasteiger partial charge on any atom is -0.358 e. The molecule has 0 aliphatic carbocycles. The minimum atomic E-state index is -0.593. The van der Waals surface area contributed by atoms with Gasteiger partial charge in [0.05, 0.1) is 16.2 Å². The van der Waals surface area contributed by atoms with E-state index in [2.05, 4.69) is 73.5 Å². The number of aromatic nitrogens is 2. The molecule has 0 saturated carbocycles. The second kappa shape index (κ2) is 13.0. The highest BCUT2D eigenvalue weighted by atomic mass is 79.9. The third-order valence-electron chi connectivity index (χ3n) is 2.11. The van der Waals surface area contributed by atoms with E-state index < -0.39 is 11.6 Å². The zero-order valence-corrected chi connectivity index (χ0v) is 16.7. The van der Waals surface area contributed by atoms with Gasteiger partial charge in [-0.1, -0.05) is 11.2 Å². The molecular formula is C13H8Br2ClF2N7O. The topological polar surface area (TPSA) is 108 Å². The van der Waals surface area contributed by atoms with Crippen molar-refractivity contribution in [2.45, 2.75) is 6.92 Å². The van der Waals surface area contributed by atoms with Crippen molar-refractivity contribution < 1.29 is 13.6 Å². The van der Waals surface area contributed by atoms with Crippen molar-refractivity contribution in [2.75, 3.05) is 0 Å². The normalized spacial score (nSPS) is 9.27. The molecule has 0 fully saturated rings. The van der Waals surface area contributed by atoms with Crippen LogP contribution >= 0.6 is 43.6 Å². The van der Waals surface area contributed by atoms with Gasteiger partial charge >= 0.3 is 5.82 Å². The molecule has 0 bridgehead atoms. The van der Waals surface area contributed by atoms with E-state index >= 15 is 0 Å². The van der Waals surface area contributed by atoms with Crippen LogP contribution in [0, 0.1) is 23.7 Å². The maximum absolute atomic E-state index is 12.8. The Balaban J connectivity index is 0.000000387. The van der Waals surface area contributed by atoms with Gasteiger partial charge < -0.3 is 4.85 Å². The molecule has 2 heterocycles. The van der Waals surface area contributed by atoms with E-state index in [1.165, 1.54) is 31.5 Å². The van der Waals surface area contributed by atoms with Crippen LogP contribution in [0.15, 0.2) is 48.6 Å². The van der Waals surface area contributed by atoms with Gasteiger partial charge in [0.15, 0.2) is 17.4 Å². The van der Waals surface area contributed by atoms with Crippen LogP contribution in [0.4, 0.5) is 14.6 Å². The van der Waals surface area contributed by atoms with Gasteiger partial charge in [0.2, 0.25) is 0 Å². The first-order valence-electron chi connectivity index (χ1n) is 6.15. The lowest BCUT2D eigenvalue weighted by Gasteiger charge is -1.96. The van der Waals surface area contributed by atoms with Crippen LogP contribution in [-0.2, 0) is 0 Å². The number of rotatable bonds is 2. The molecule has 0 radical (unpaired) electrons. The molecule has 13 heteroatoms. The van der Waals surface area contributed by atoms with Crippen molar-refractivity contribution in [1.29, 1.82) is 5.53 Å². The van der Waals surface area contributed by atoms with Crippen LogP contribution in [0.25, 0.3) is 4.85 Å². The van der Waals surface area contributed by atoms with Gasteiger partial charge in [-0.2, -0.15) is 5.53 Å². The summed E-state index contributed by atoms with van der Waals surface area (Å²) in [4.78, 5) is 20.6. The molecule has 26 heavy (non-hydrogen) atoms.